The van der Waals surface area contributed by atoms with Crippen molar-refractivity contribution in [2.45, 2.75) is 5.56 Å². The third-order valence-corrected chi connectivity index (χ3v) is 1.74. The van der Waals surface area contributed by atoms with Crippen LogP contribution in [0.5, 0.6) is 0 Å². The van der Waals surface area contributed by atoms with Crippen LogP contribution in [-0.4, -0.2) is 5.11 Å². The standard InChI is InChI=1S/C7H6Cl2O/c8-6-4-2-1-3-5(6)7(9)10/h1-4,7,10H. The SMILES string of the molecule is OC(Cl)c1ccccc1Cl. The fourth-order valence-electron chi connectivity index (χ4n) is 0.668. The number of alkyl halides is 1. The number of hydrogen-bond acceptors (Lipinski definition) is 1. The van der Waals surface area contributed by atoms with Crippen LogP contribution in [0, 0.1) is 0 Å². The van der Waals surface area contributed by atoms with Crippen molar-refractivity contribution in [2.24, 2.45) is 0 Å². The van der Waals surface area contributed by atoms with Crippen molar-refractivity contribution in [3.05, 3.63) is 34.9 Å². The molecule has 1 rings (SSSR count). The summed E-state index contributed by atoms with van der Waals surface area (Å²) < 4.78 is 0. The van der Waals surface area contributed by atoms with Crippen molar-refractivity contribution in [1.29, 1.82) is 0 Å². The van der Waals surface area contributed by atoms with E-state index < -0.39 is 5.56 Å². The predicted molar refractivity (Wildman–Crippen MR) is 42.3 cm³/mol. The highest BCUT2D eigenvalue weighted by atomic mass is 35.5. The van der Waals surface area contributed by atoms with Crippen molar-refractivity contribution in [1.82, 2.24) is 0 Å². The molecule has 3 heteroatoms. The Kier molecular flexibility index (Phi) is 2.55. The third kappa shape index (κ3) is 1.63. The minimum Gasteiger partial charge on any atom is -0.373 e. The topological polar surface area (TPSA) is 20.2 Å². The van der Waals surface area contributed by atoms with E-state index in [1.54, 1.807) is 24.3 Å². The van der Waals surface area contributed by atoms with E-state index in [0.29, 0.717) is 10.6 Å². The molecule has 0 aliphatic heterocycles. The van der Waals surface area contributed by atoms with E-state index in [4.69, 9.17) is 28.3 Å². The fraction of sp³-hybridized carbons (Fsp3) is 0.143. The number of benzene rings is 1. The molecule has 1 unspecified atom stereocenters. The Morgan fingerprint density at radius 1 is 1.30 bits per heavy atom. The first-order valence-electron chi connectivity index (χ1n) is 2.78. The largest absolute Gasteiger partial charge is 0.373 e. The smallest absolute Gasteiger partial charge is 0.154 e. The maximum Gasteiger partial charge on any atom is 0.154 e. The van der Waals surface area contributed by atoms with Gasteiger partial charge in [-0.1, -0.05) is 41.4 Å². The van der Waals surface area contributed by atoms with E-state index in [0.717, 1.165) is 0 Å². The minimum atomic E-state index is -1.01. The summed E-state index contributed by atoms with van der Waals surface area (Å²) >= 11 is 11.1. The molecular formula is C7H6Cl2O. The van der Waals surface area contributed by atoms with Gasteiger partial charge in [0.25, 0.3) is 0 Å². The van der Waals surface area contributed by atoms with Gasteiger partial charge in [-0.3, -0.25) is 0 Å². The second-order valence-corrected chi connectivity index (χ2v) is 2.68. The summed E-state index contributed by atoms with van der Waals surface area (Å²) in [6, 6.07) is 6.92. The second kappa shape index (κ2) is 3.24. The van der Waals surface area contributed by atoms with Crippen LogP contribution in [0.1, 0.15) is 11.1 Å². The summed E-state index contributed by atoms with van der Waals surface area (Å²) in [5.41, 5.74) is -0.459. The van der Waals surface area contributed by atoms with Crippen LogP contribution in [-0.2, 0) is 0 Å². The van der Waals surface area contributed by atoms with Gasteiger partial charge in [-0.05, 0) is 6.07 Å². The summed E-state index contributed by atoms with van der Waals surface area (Å²) in [6.45, 7) is 0. The normalized spacial score (nSPS) is 13.1. The van der Waals surface area contributed by atoms with Gasteiger partial charge >= 0.3 is 0 Å². The Labute approximate surface area is 69.2 Å². The monoisotopic (exact) mass is 176 g/mol. The molecule has 0 radical (unpaired) electrons. The molecular weight excluding hydrogens is 171 g/mol. The molecule has 10 heavy (non-hydrogen) atoms. The van der Waals surface area contributed by atoms with Gasteiger partial charge in [0.15, 0.2) is 5.56 Å². The zero-order chi connectivity index (χ0) is 7.56. The maximum atomic E-state index is 8.89. The number of halogens is 2. The number of aliphatic hydroxyl groups is 1. The Bertz CT molecular complexity index is 223. The summed E-state index contributed by atoms with van der Waals surface area (Å²) in [7, 11) is 0. The molecule has 1 aromatic carbocycles. The lowest BCUT2D eigenvalue weighted by molar-refractivity contribution is 0.263. The van der Waals surface area contributed by atoms with Crippen molar-refractivity contribution >= 4 is 23.2 Å². The molecule has 1 nitrogen and oxygen atoms in total. The zero-order valence-corrected chi connectivity index (χ0v) is 6.60. The maximum absolute atomic E-state index is 8.89. The Hall–Kier alpha value is -0.240. The van der Waals surface area contributed by atoms with Crippen molar-refractivity contribution < 1.29 is 5.11 Å². The minimum absolute atomic E-state index is 0.491. The van der Waals surface area contributed by atoms with Gasteiger partial charge in [0.05, 0.1) is 0 Å². The Morgan fingerprint density at radius 2 is 1.90 bits per heavy atom. The molecule has 1 atom stereocenters. The summed E-state index contributed by atoms with van der Waals surface area (Å²) in [5, 5.41) is 9.38. The molecule has 0 bridgehead atoms. The number of rotatable bonds is 1. The zero-order valence-electron chi connectivity index (χ0n) is 5.09. The third-order valence-electron chi connectivity index (χ3n) is 1.16. The van der Waals surface area contributed by atoms with Gasteiger partial charge in [0.1, 0.15) is 0 Å². The molecule has 0 spiro atoms. The first kappa shape index (κ1) is 7.86. The van der Waals surface area contributed by atoms with Gasteiger partial charge in [-0.15, -0.1) is 0 Å². The summed E-state index contributed by atoms with van der Waals surface area (Å²) in [4.78, 5) is 0. The summed E-state index contributed by atoms with van der Waals surface area (Å²) in [5.74, 6) is 0. The first-order valence-corrected chi connectivity index (χ1v) is 3.60. The van der Waals surface area contributed by atoms with Crippen LogP contribution in [0.25, 0.3) is 0 Å². The van der Waals surface area contributed by atoms with Gasteiger partial charge in [0.2, 0.25) is 0 Å². The molecule has 0 aliphatic rings. The van der Waals surface area contributed by atoms with E-state index in [2.05, 4.69) is 0 Å². The van der Waals surface area contributed by atoms with Crippen LogP contribution in [0.2, 0.25) is 5.02 Å². The molecule has 0 heterocycles. The highest BCUT2D eigenvalue weighted by molar-refractivity contribution is 6.32. The van der Waals surface area contributed by atoms with Crippen LogP contribution < -0.4 is 0 Å². The lowest BCUT2D eigenvalue weighted by Gasteiger charge is -2.02. The van der Waals surface area contributed by atoms with E-state index >= 15 is 0 Å². The van der Waals surface area contributed by atoms with Crippen LogP contribution >= 0.6 is 23.2 Å². The lowest BCUT2D eigenvalue weighted by Crippen LogP contribution is -1.87. The average molecular weight is 177 g/mol. The molecule has 0 aliphatic carbocycles. The molecule has 0 aromatic heterocycles. The van der Waals surface area contributed by atoms with Crippen molar-refractivity contribution in [3.63, 3.8) is 0 Å². The lowest BCUT2D eigenvalue weighted by atomic mass is 10.2. The van der Waals surface area contributed by atoms with Crippen LogP contribution in [0.4, 0.5) is 0 Å². The van der Waals surface area contributed by atoms with Crippen LogP contribution in [0.15, 0.2) is 24.3 Å². The number of aliphatic hydroxyl groups excluding tert-OH is 1. The van der Waals surface area contributed by atoms with Crippen molar-refractivity contribution in [2.75, 3.05) is 0 Å². The molecule has 0 saturated heterocycles. The predicted octanol–water partition coefficient (Wildman–Crippen LogP) is 2.57. The van der Waals surface area contributed by atoms with E-state index in [1.807, 2.05) is 0 Å². The first-order chi connectivity index (χ1) is 4.72. The van der Waals surface area contributed by atoms with E-state index in [-0.39, 0.29) is 0 Å². The molecule has 0 fully saturated rings. The fourth-order valence-corrected chi connectivity index (χ4v) is 1.15. The molecule has 0 saturated carbocycles. The highest BCUT2D eigenvalue weighted by Crippen LogP contribution is 2.24. The van der Waals surface area contributed by atoms with Gasteiger partial charge in [-0.25, -0.2) is 0 Å². The van der Waals surface area contributed by atoms with E-state index in [1.165, 1.54) is 0 Å². The van der Waals surface area contributed by atoms with E-state index in [9.17, 15) is 0 Å². The second-order valence-electron chi connectivity index (χ2n) is 1.86. The Balaban J connectivity index is 3.03. The summed E-state index contributed by atoms with van der Waals surface area (Å²) in [6.07, 6.45) is 0. The van der Waals surface area contributed by atoms with Gasteiger partial charge in [-0.2, -0.15) is 0 Å². The molecule has 1 N–H and O–H groups in total. The number of hydrogen-bond donors (Lipinski definition) is 1. The quantitative estimate of drug-likeness (QED) is 0.653. The molecule has 54 valence electrons. The van der Waals surface area contributed by atoms with Crippen molar-refractivity contribution in [3.8, 4) is 0 Å². The molecule has 1 aromatic rings. The van der Waals surface area contributed by atoms with Gasteiger partial charge in [0, 0.05) is 10.6 Å². The average Bonchev–Trinajstić information content (AvgIpc) is 1.88. The van der Waals surface area contributed by atoms with Crippen LogP contribution in [0.3, 0.4) is 0 Å². The highest BCUT2D eigenvalue weighted by Gasteiger charge is 2.05. The Morgan fingerprint density at radius 3 is 2.30 bits per heavy atom. The molecule has 0 amide bonds. The van der Waals surface area contributed by atoms with Gasteiger partial charge < -0.3 is 5.11 Å².